The Morgan fingerprint density at radius 3 is 2.89 bits per heavy atom. The molecule has 0 aromatic carbocycles. The maximum atomic E-state index is 6.66. The molecule has 4 heteroatoms. The lowest BCUT2D eigenvalue weighted by atomic mass is 9.71. The van der Waals surface area contributed by atoms with Crippen LogP contribution in [-0.4, -0.2) is 41.1 Å². The van der Waals surface area contributed by atoms with Gasteiger partial charge in [0, 0.05) is 42.2 Å². The number of nitrogens with zero attached hydrogens (tertiary/aromatic N) is 1. The van der Waals surface area contributed by atoms with E-state index >= 15 is 0 Å². The van der Waals surface area contributed by atoms with E-state index in [-0.39, 0.29) is 0 Å². The molecule has 2 aliphatic heterocycles. The Bertz CT molecular complexity index is 312. The Morgan fingerprint density at radius 1 is 1.26 bits per heavy atom. The van der Waals surface area contributed by atoms with Gasteiger partial charge >= 0.3 is 0 Å². The van der Waals surface area contributed by atoms with Crippen LogP contribution in [0.2, 0.25) is 0 Å². The van der Waals surface area contributed by atoms with E-state index in [1.807, 2.05) is 0 Å². The van der Waals surface area contributed by atoms with Crippen LogP contribution in [0.5, 0.6) is 0 Å². The van der Waals surface area contributed by atoms with E-state index in [4.69, 9.17) is 5.73 Å². The van der Waals surface area contributed by atoms with E-state index in [9.17, 15) is 0 Å². The first-order chi connectivity index (χ1) is 9.20. The number of nitrogens with two attached hydrogens (primary N) is 2. The van der Waals surface area contributed by atoms with Gasteiger partial charge in [-0.2, -0.15) is 0 Å². The topological polar surface area (TPSA) is 45.9 Å². The summed E-state index contributed by atoms with van der Waals surface area (Å²) in [7, 11) is 0. The van der Waals surface area contributed by atoms with Gasteiger partial charge in [-0.3, -0.25) is 4.90 Å². The second-order valence-corrected chi connectivity index (χ2v) is 8.14. The van der Waals surface area contributed by atoms with E-state index in [2.05, 4.69) is 33.1 Å². The van der Waals surface area contributed by atoms with Crippen LogP contribution in [0, 0.1) is 11.8 Å². The smallest absolute Gasteiger partial charge is 0.146 e. The number of likely N-dealkylation sites (tertiary alicyclic amines) is 1. The Hall–Kier alpha value is 0.360. The first-order valence-electron chi connectivity index (χ1n) is 8.19. The van der Waals surface area contributed by atoms with Gasteiger partial charge in [0.15, 0.2) is 0 Å². The molecule has 0 aromatic heterocycles. The fraction of sp³-hybridized carbons (Fsp3) is 1.00. The third kappa shape index (κ3) is 2.74. The molecule has 1 saturated carbocycles. The summed E-state index contributed by atoms with van der Waals surface area (Å²) in [4.78, 5) is 3.42. The van der Waals surface area contributed by atoms with Crippen molar-refractivity contribution in [3.8, 4) is 0 Å². The zero-order chi connectivity index (χ0) is 13.4. The highest BCUT2D eigenvalue weighted by atomic mass is 79.9. The molecular weight excluding hydrogens is 302 g/mol. The largest absolute Gasteiger partial charge is 0.328 e. The second kappa shape index (κ2) is 6.00. The van der Waals surface area contributed by atoms with Crippen LogP contribution in [0.1, 0.15) is 45.4 Å². The molecule has 19 heavy (non-hydrogen) atoms. The highest BCUT2D eigenvalue weighted by Gasteiger charge is 2.51. The molecule has 3 nitrogen and oxygen atoms in total. The maximum absolute atomic E-state index is 6.66. The molecular formula is C15H29BrN3+. The Balaban J connectivity index is 1.68. The molecule has 6 atom stereocenters. The Morgan fingerprint density at radius 2 is 2.11 bits per heavy atom. The molecule has 2 saturated heterocycles. The summed E-state index contributed by atoms with van der Waals surface area (Å²) in [6.07, 6.45) is 8.62. The lowest BCUT2D eigenvalue weighted by Gasteiger charge is -2.46. The molecule has 0 aromatic rings. The summed E-state index contributed by atoms with van der Waals surface area (Å²) in [6, 6.07) is 1.22. The number of halogens is 1. The third-order valence-electron chi connectivity index (χ3n) is 5.73. The second-order valence-electron chi connectivity index (χ2n) is 6.84. The van der Waals surface area contributed by atoms with Crippen LogP contribution in [0.3, 0.4) is 0 Å². The number of fused-ring (bicyclic) bond motifs is 2. The van der Waals surface area contributed by atoms with E-state index in [0.717, 1.165) is 17.9 Å². The average Bonchev–Trinajstić information content (AvgIpc) is 2.81. The van der Waals surface area contributed by atoms with Gasteiger partial charge in [-0.1, -0.05) is 29.3 Å². The summed E-state index contributed by atoms with van der Waals surface area (Å²) in [5.74, 6) is 1.47. The molecule has 0 spiro atoms. The number of alkyl halides is 1. The minimum atomic E-state index is 0.437. The van der Waals surface area contributed by atoms with Crippen LogP contribution in [0.4, 0.5) is 0 Å². The first-order valence-corrected chi connectivity index (χ1v) is 9.11. The molecule has 6 unspecified atom stereocenters. The number of piperidine rings is 1. The summed E-state index contributed by atoms with van der Waals surface area (Å²) >= 11 is 3.82. The Kier molecular flexibility index (Phi) is 4.52. The van der Waals surface area contributed by atoms with Crippen LogP contribution in [0.25, 0.3) is 0 Å². The fourth-order valence-electron chi connectivity index (χ4n) is 4.64. The van der Waals surface area contributed by atoms with Crippen LogP contribution < -0.4 is 11.1 Å². The summed E-state index contributed by atoms with van der Waals surface area (Å²) in [6.45, 7) is 4.84. The zero-order valence-electron chi connectivity index (χ0n) is 12.1. The quantitative estimate of drug-likeness (QED) is 0.765. The normalized spacial score (nSPS) is 46.9. The van der Waals surface area contributed by atoms with Gasteiger partial charge in [0.25, 0.3) is 0 Å². The molecule has 3 aliphatic rings. The van der Waals surface area contributed by atoms with Crippen molar-refractivity contribution in [2.24, 2.45) is 17.6 Å². The van der Waals surface area contributed by atoms with E-state index in [0.29, 0.717) is 17.0 Å². The van der Waals surface area contributed by atoms with Crippen molar-refractivity contribution >= 4 is 15.9 Å². The lowest BCUT2D eigenvalue weighted by Crippen LogP contribution is -3.03. The summed E-state index contributed by atoms with van der Waals surface area (Å²) < 4.78 is 0. The zero-order valence-corrected chi connectivity index (χ0v) is 13.7. The predicted octanol–water partition coefficient (Wildman–Crippen LogP) is 1.27. The van der Waals surface area contributed by atoms with Crippen molar-refractivity contribution in [2.75, 3.05) is 13.1 Å². The van der Waals surface area contributed by atoms with Crippen LogP contribution in [-0.2, 0) is 0 Å². The number of hydrogen-bond donors (Lipinski definition) is 2. The fourth-order valence-corrected chi connectivity index (χ4v) is 5.34. The van der Waals surface area contributed by atoms with Gasteiger partial charge in [0.1, 0.15) is 6.17 Å². The van der Waals surface area contributed by atoms with Crippen molar-refractivity contribution in [1.82, 2.24) is 4.90 Å². The standard InChI is InChI=1S/C15H28BrN3/c1-2-3-7-19-8-6-11-14(17)12-9-10(16)4-5-13(12)18-15(11)19/h10-15,18H,2-9,17H2,1H3/p+1. The average molecular weight is 331 g/mol. The Labute approximate surface area is 125 Å². The minimum absolute atomic E-state index is 0.437. The molecule has 3 rings (SSSR count). The van der Waals surface area contributed by atoms with Gasteiger partial charge in [-0.15, -0.1) is 0 Å². The van der Waals surface area contributed by atoms with Crippen molar-refractivity contribution in [1.29, 1.82) is 0 Å². The molecule has 110 valence electrons. The summed E-state index contributed by atoms with van der Waals surface area (Å²) in [5.41, 5.74) is 6.66. The summed E-state index contributed by atoms with van der Waals surface area (Å²) in [5, 5.41) is 2.69. The van der Waals surface area contributed by atoms with E-state index < -0.39 is 0 Å². The highest BCUT2D eigenvalue weighted by molar-refractivity contribution is 9.09. The van der Waals surface area contributed by atoms with Crippen LogP contribution >= 0.6 is 15.9 Å². The molecule has 2 heterocycles. The van der Waals surface area contributed by atoms with E-state index in [1.54, 1.807) is 0 Å². The van der Waals surface area contributed by atoms with Crippen molar-refractivity contribution in [2.45, 2.75) is 68.5 Å². The number of rotatable bonds is 3. The molecule has 3 fully saturated rings. The lowest BCUT2D eigenvalue weighted by molar-refractivity contribution is -0.759. The van der Waals surface area contributed by atoms with E-state index in [1.165, 1.54) is 51.6 Å². The van der Waals surface area contributed by atoms with Crippen LogP contribution in [0.15, 0.2) is 0 Å². The number of hydrogen-bond acceptors (Lipinski definition) is 2. The van der Waals surface area contributed by atoms with Crippen molar-refractivity contribution in [3.63, 3.8) is 0 Å². The van der Waals surface area contributed by atoms with Crippen molar-refractivity contribution in [3.05, 3.63) is 0 Å². The predicted molar refractivity (Wildman–Crippen MR) is 82.1 cm³/mol. The maximum Gasteiger partial charge on any atom is 0.146 e. The van der Waals surface area contributed by atoms with Gasteiger partial charge in [0.2, 0.25) is 0 Å². The first kappa shape index (κ1) is 14.3. The molecule has 4 N–H and O–H groups in total. The molecule has 0 bridgehead atoms. The molecule has 1 aliphatic carbocycles. The van der Waals surface area contributed by atoms with Crippen molar-refractivity contribution < 1.29 is 5.32 Å². The van der Waals surface area contributed by atoms with Gasteiger partial charge in [0.05, 0.1) is 6.04 Å². The molecule has 0 amide bonds. The number of unbranched alkanes of at least 4 members (excludes halogenated alkanes) is 1. The molecule has 0 radical (unpaired) electrons. The van der Waals surface area contributed by atoms with Gasteiger partial charge < -0.3 is 11.1 Å². The highest BCUT2D eigenvalue weighted by Crippen LogP contribution is 2.37. The SMILES string of the molecule is CCCCN1CCC2C(N)C3CC(Br)CCC3[NH2+]C21. The van der Waals surface area contributed by atoms with Gasteiger partial charge in [-0.05, 0) is 25.7 Å². The number of quaternary nitrogens is 1. The third-order valence-corrected chi connectivity index (χ3v) is 6.56. The monoisotopic (exact) mass is 330 g/mol. The minimum Gasteiger partial charge on any atom is -0.328 e. The van der Waals surface area contributed by atoms with Gasteiger partial charge in [-0.25, -0.2) is 0 Å².